The quantitative estimate of drug-likeness (QED) is 0.740. The van der Waals surface area contributed by atoms with Gasteiger partial charge >= 0.3 is 5.63 Å². The van der Waals surface area contributed by atoms with Crippen LogP contribution in [0, 0.1) is 0 Å². The van der Waals surface area contributed by atoms with Gasteiger partial charge in [-0.05, 0) is 12.1 Å². The largest absolute Gasteiger partial charge is 0.497 e. The summed E-state index contributed by atoms with van der Waals surface area (Å²) in [5.41, 5.74) is -0.167. The van der Waals surface area contributed by atoms with E-state index in [-0.39, 0.29) is 17.0 Å². The highest BCUT2D eigenvalue weighted by Gasteiger charge is 2.15. The van der Waals surface area contributed by atoms with Crippen LogP contribution in [0.2, 0.25) is 0 Å². The molecule has 0 aliphatic rings. The first kappa shape index (κ1) is 12.9. The lowest BCUT2D eigenvalue weighted by Gasteiger charge is -2.06. The number of ether oxygens (including phenoxy) is 1. The monoisotopic (exact) mass is 286 g/mol. The van der Waals surface area contributed by atoms with Crippen molar-refractivity contribution in [2.24, 2.45) is 0 Å². The number of amides is 1. The summed E-state index contributed by atoms with van der Waals surface area (Å²) in [5, 5.41) is 6.61. The first-order chi connectivity index (χ1) is 10.2. The molecule has 0 aliphatic heterocycles. The zero-order valence-electron chi connectivity index (χ0n) is 11.0. The second-order valence-electron chi connectivity index (χ2n) is 4.18. The average Bonchev–Trinajstić information content (AvgIpc) is 2.98. The molecule has 0 saturated carbocycles. The van der Waals surface area contributed by atoms with E-state index in [4.69, 9.17) is 9.15 Å². The smallest absolute Gasteiger partial charge is 0.337 e. The number of carbonyl (C=O) groups excluding carboxylic acids is 1. The van der Waals surface area contributed by atoms with Crippen molar-refractivity contribution in [2.75, 3.05) is 12.4 Å². The summed E-state index contributed by atoms with van der Waals surface area (Å²) in [6.45, 7) is 0. The van der Waals surface area contributed by atoms with E-state index in [1.165, 1.54) is 19.4 Å². The summed E-state index contributed by atoms with van der Waals surface area (Å²) in [6, 6.07) is 7.49. The molecule has 0 radical (unpaired) electrons. The van der Waals surface area contributed by atoms with Gasteiger partial charge in [0.25, 0.3) is 5.91 Å². The van der Waals surface area contributed by atoms with Gasteiger partial charge in [-0.2, -0.15) is 0 Å². The molecule has 106 valence electrons. The van der Waals surface area contributed by atoms with Crippen molar-refractivity contribution in [1.82, 2.24) is 5.16 Å². The summed E-state index contributed by atoms with van der Waals surface area (Å²) in [6.07, 6.45) is 1.33. The van der Waals surface area contributed by atoms with Crippen molar-refractivity contribution < 1.29 is 18.5 Å². The first-order valence-electron chi connectivity index (χ1n) is 6.01. The molecule has 2 heterocycles. The van der Waals surface area contributed by atoms with Crippen LogP contribution in [0.25, 0.3) is 11.0 Å². The maximum atomic E-state index is 12.2. The summed E-state index contributed by atoms with van der Waals surface area (Å²) < 4.78 is 14.8. The Labute approximate surface area is 118 Å². The highest BCUT2D eigenvalue weighted by molar-refractivity contribution is 6.11. The fraction of sp³-hybridized carbons (Fsp3) is 0.0714. The standard InChI is InChI=1S/C14H10N2O5/c1-19-8-2-3-9-10(7-13(17)21-11(9)6-8)14(18)15-12-4-5-20-16-12/h2-7H,1H3,(H,15,16,18). The van der Waals surface area contributed by atoms with Crippen LogP contribution >= 0.6 is 0 Å². The van der Waals surface area contributed by atoms with Crippen LogP contribution in [-0.2, 0) is 0 Å². The molecule has 0 saturated heterocycles. The van der Waals surface area contributed by atoms with E-state index in [2.05, 4.69) is 15.0 Å². The lowest BCUT2D eigenvalue weighted by molar-refractivity contribution is 0.102. The number of rotatable bonds is 3. The van der Waals surface area contributed by atoms with Gasteiger partial charge in [-0.15, -0.1) is 0 Å². The van der Waals surface area contributed by atoms with Gasteiger partial charge in [0.15, 0.2) is 5.82 Å². The van der Waals surface area contributed by atoms with Gasteiger partial charge in [0, 0.05) is 23.6 Å². The van der Waals surface area contributed by atoms with E-state index in [0.717, 1.165) is 6.07 Å². The Balaban J connectivity index is 2.09. The first-order valence-corrected chi connectivity index (χ1v) is 6.01. The molecule has 7 nitrogen and oxygen atoms in total. The zero-order chi connectivity index (χ0) is 14.8. The Morgan fingerprint density at radius 1 is 1.29 bits per heavy atom. The van der Waals surface area contributed by atoms with E-state index in [1.807, 2.05) is 0 Å². The highest BCUT2D eigenvalue weighted by Crippen LogP contribution is 2.23. The van der Waals surface area contributed by atoms with Gasteiger partial charge < -0.3 is 19.0 Å². The molecule has 0 atom stereocenters. The van der Waals surface area contributed by atoms with E-state index < -0.39 is 11.5 Å². The molecule has 2 aromatic heterocycles. The molecule has 21 heavy (non-hydrogen) atoms. The average molecular weight is 286 g/mol. The van der Waals surface area contributed by atoms with Crippen molar-refractivity contribution >= 4 is 22.7 Å². The number of aromatic nitrogens is 1. The van der Waals surface area contributed by atoms with Crippen LogP contribution in [0.1, 0.15) is 10.4 Å². The third-order valence-electron chi connectivity index (χ3n) is 2.88. The number of benzene rings is 1. The molecule has 3 rings (SSSR count). The number of hydrogen-bond donors (Lipinski definition) is 1. The van der Waals surface area contributed by atoms with E-state index in [9.17, 15) is 9.59 Å². The minimum Gasteiger partial charge on any atom is -0.497 e. The molecule has 0 unspecified atom stereocenters. The third kappa shape index (κ3) is 2.48. The normalized spacial score (nSPS) is 10.5. The number of methoxy groups -OCH3 is 1. The van der Waals surface area contributed by atoms with Crippen LogP contribution < -0.4 is 15.7 Å². The number of carbonyl (C=O) groups is 1. The van der Waals surface area contributed by atoms with Gasteiger partial charge in [-0.3, -0.25) is 4.79 Å². The maximum Gasteiger partial charge on any atom is 0.337 e. The SMILES string of the molecule is COc1ccc2c(C(=O)Nc3ccon3)cc(=O)oc2c1. The van der Waals surface area contributed by atoms with E-state index in [1.54, 1.807) is 18.2 Å². The molecule has 0 aliphatic carbocycles. The fourth-order valence-electron chi connectivity index (χ4n) is 1.92. The minimum atomic E-state index is -0.624. The Morgan fingerprint density at radius 3 is 2.86 bits per heavy atom. The van der Waals surface area contributed by atoms with Crippen molar-refractivity contribution in [2.45, 2.75) is 0 Å². The maximum absolute atomic E-state index is 12.2. The Bertz CT molecular complexity index is 851. The van der Waals surface area contributed by atoms with Crippen molar-refractivity contribution in [3.05, 3.63) is 52.6 Å². The predicted octanol–water partition coefficient (Wildman–Crippen LogP) is 2.04. The number of nitrogens with one attached hydrogen (secondary N) is 1. The number of anilines is 1. The fourth-order valence-corrected chi connectivity index (χ4v) is 1.92. The van der Waals surface area contributed by atoms with Crippen LogP contribution in [0.3, 0.4) is 0 Å². The van der Waals surface area contributed by atoms with Crippen LogP contribution in [-0.4, -0.2) is 18.2 Å². The predicted molar refractivity (Wildman–Crippen MR) is 73.5 cm³/mol. The van der Waals surface area contributed by atoms with Crippen LogP contribution in [0.4, 0.5) is 5.82 Å². The van der Waals surface area contributed by atoms with Gasteiger partial charge in [-0.1, -0.05) is 5.16 Å². The third-order valence-corrected chi connectivity index (χ3v) is 2.88. The molecular formula is C14H10N2O5. The van der Waals surface area contributed by atoms with E-state index in [0.29, 0.717) is 11.1 Å². The summed E-state index contributed by atoms with van der Waals surface area (Å²) >= 11 is 0. The summed E-state index contributed by atoms with van der Waals surface area (Å²) in [7, 11) is 1.50. The van der Waals surface area contributed by atoms with Crippen molar-refractivity contribution in [3.8, 4) is 5.75 Å². The second-order valence-corrected chi connectivity index (χ2v) is 4.18. The number of hydrogen-bond acceptors (Lipinski definition) is 6. The second kappa shape index (κ2) is 5.12. The minimum absolute atomic E-state index is 0.187. The molecule has 7 heteroatoms. The summed E-state index contributed by atoms with van der Waals surface area (Å²) in [4.78, 5) is 23.8. The van der Waals surface area contributed by atoms with Gasteiger partial charge in [0.1, 0.15) is 17.6 Å². The molecule has 1 amide bonds. The summed E-state index contributed by atoms with van der Waals surface area (Å²) in [5.74, 6) is 0.307. The van der Waals surface area contributed by atoms with Crippen molar-refractivity contribution in [3.63, 3.8) is 0 Å². The number of fused-ring (bicyclic) bond motifs is 1. The lowest BCUT2D eigenvalue weighted by atomic mass is 10.1. The zero-order valence-corrected chi connectivity index (χ0v) is 11.0. The molecule has 1 aromatic carbocycles. The molecule has 3 aromatic rings. The van der Waals surface area contributed by atoms with Gasteiger partial charge in [0.05, 0.1) is 12.7 Å². The number of nitrogens with zero attached hydrogens (tertiary/aromatic N) is 1. The van der Waals surface area contributed by atoms with Gasteiger partial charge in [-0.25, -0.2) is 4.79 Å². The Kier molecular flexibility index (Phi) is 3.15. The molecule has 0 spiro atoms. The molecule has 0 bridgehead atoms. The lowest BCUT2D eigenvalue weighted by Crippen LogP contribution is -2.15. The molecular weight excluding hydrogens is 276 g/mol. The van der Waals surface area contributed by atoms with Crippen LogP contribution in [0.5, 0.6) is 5.75 Å². The highest BCUT2D eigenvalue weighted by atomic mass is 16.5. The molecule has 0 fully saturated rings. The van der Waals surface area contributed by atoms with Gasteiger partial charge in [0.2, 0.25) is 0 Å². The molecule has 1 N–H and O–H groups in total. The van der Waals surface area contributed by atoms with Crippen molar-refractivity contribution in [1.29, 1.82) is 0 Å². The topological polar surface area (TPSA) is 94.6 Å². The van der Waals surface area contributed by atoms with E-state index >= 15 is 0 Å². The van der Waals surface area contributed by atoms with Crippen LogP contribution in [0.15, 0.2) is 50.3 Å². The Hall–Kier alpha value is -3.09. The Morgan fingerprint density at radius 2 is 2.14 bits per heavy atom.